The molecule has 0 fully saturated rings. The normalized spacial score (nSPS) is 18.5. The second kappa shape index (κ2) is 8.90. The van der Waals surface area contributed by atoms with Crippen molar-refractivity contribution in [2.75, 3.05) is 7.05 Å². The molecule has 0 saturated heterocycles. The Morgan fingerprint density at radius 2 is 1.84 bits per heavy atom. The van der Waals surface area contributed by atoms with Gasteiger partial charge in [0.2, 0.25) is 0 Å². The molecule has 0 saturated carbocycles. The van der Waals surface area contributed by atoms with E-state index in [4.69, 9.17) is 33.7 Å². The van der Waals surface area contributed by atoms with Crippen molar-refractivity contribution < 1.29 is 9.53 Å². The van der Waals surface area contributed by atoms with Crippen LogP contribution >= 0.6 is 23.2 Å². The lowest BCUT2D eigenvalue weighted by atomic mass is 9.76. The van der Waals surface area contributed by atoms with Crippen LogP contribution in [0.2, 0.25) is 10.0 Å². The van der Waals surface area contributed by atoms with E-state index in [1.54, 1.807) is 24.1 Å². The molecular formula is C25H23Cl2N3O2. The van der Waals surface area contributed by atoms with Gasteiger partial charge in [0.15, 0.2) is 11.5 Å². The van der Waals surface area contributed by atoms with Crippen LogP contribution in [0.15, 0.2) is 59.1 Å². The Balaban J connectivity index is 1.72. The van der Waals surface area contributed by atoms with Crippen molar-refractivity contribution in [1.29, 1.82) is 5.26 Å². The number of nitrogens with two attached hydrogens (primary N) is 1. The van der Waals surface area contributed by atoms with Gasteiger partial charge in [-0.15, -0.1) is 0 Å². The van der Waals surface area contributed by atoms with Crippen LogP contribution < -0.4 is 10.5 Å². The molecule has 1 aliphatic heterocycles. The average Bonchev–Trinajstić information content (AvgIpc) is 2.77. The molecule has 2 aliphatic rings. The topological polar surface area (TPSA) is 79.3 Å². The summed E-state index contributed by atoms with van der Waals surface area (Å²) in [7, 11) is 1.79. The fraction of sp³-hybridized carbons (Fsp3) is 0.280. The van der Waals surface area contributed by atoms with Crippen molar-refractivity contribution in [2.45, 2.75) is 38.7 Å². The first-order valence-electron chi connectivity index (χ1n) is 10.4. The molecule has 1 heterocycles. The lowest BCUT2D eigenvalue weighted by Gasteiger charge is -2.37. The molecule has 1 aliphatic carbocycles. The number of hydrogen-bond acceptors (Lipinski definition) is 5. The van der Waals surface area contributed by atoms with E-state index < -0.39 is 5.92 Å². The van der Waals surface area contributed by atoms with Crippen molar-refractivity contribution >= 4 is 29.0 Å². The highest BCUT2D eigenvalue weighted by Crippen LogP contribution is 2.46. The van der Waals surface area contributed by atoms with Crippen molar-refractivity contribution in [3.05, 3.63) is 85.8 Å². The van der Waals surface area contributed by atoms with Gasteiger partial charge >= 0.3 is 0 Å². The van der Waals surface area contributed by atoms with E-state index in [1.807, 2.05) is 31.2 Å². The second-order valence-electron chi connectivity index (χ2n) is 8.13. The highest BCUT2D eigenvalue weighted by molar-refractivity contribution is 6.37. The Kier molecular flexibility index (Phi) is 6.19. The van der Waals surface area contributed by atoms with E-state index in [-0.39, 0.29) is 5.78 Å². The van der Waals surface area contributed by atoms with E-state index in [0.717, 1.165) is 24.1 Å². The second-order valence-corrected chi connectivity index (χ2v) is 8.94. The molecule has 0 bridgehead atoms. The lowest BCUT2D eigenvalue weighted by molar-refractivity contribution is -0.116. The van der Waals surface area contributed by atoms with E-state index in [0.29, 0.717) is 51.4 Å². The summed E-state index contributed by atoms with van der Waals surface area (Å²) in [5.74, 6) is 0.138. The van der Waals surface area contributed by atoms with Crippen LogP contribution in [0.25, 0.3) is 0 Å². The number of carbonyl (C=O) groups excluding carboxylic acids is 1. The molecule has 4 rings (SSSR count). The highest BCUT2D eigenvalue weighted by Gasteiger charge is 2.39. The summed E-state index contributed by atoms with van der Waals surface area (Å²) in [6, 6.07) is 13.6. The van der Waals surface area contributed by atoms with Crippen LogP contribution in [0.4, 0.5) is 0 Å². The van der Waals surface area contributed by atoms with Crippen LogP contribution in [0.5, 0.6) is 5.75 Å². The standard InChI is InChI=1S/C25H23Cl2N3O2/c1-14-6-8-15(9-7-14)13-32-24-18(26)10-16(11-19(24)27)22-17(12-28)25(29)30(2)20-4-3-5-21(31)23(20)22/h6-11,22H,3-5,13,29H2,1-2H3/t22-/m0/s1. The molecule has 5 nitrogen and oxygen atoms in total. The summed E-state index contributed by atoms with van der Waals surface area (Å²) in [6.07, 6.45) is 1.94. The van der Waals surface area contributed by atoms with Gasteiger partial charge in [0, 0.05) is 24.7 Å². The molecule has 0 radical (unpaired) electrons. The van der Waals surface area contributed by atoms with Crippen LogP contribution in [-0.4, -0.2) is 17.7 Å². The molecule has 0 unspecified atom stereocenters. The quantitative estimate of drug-likeness (QED) is 0.631. The number of allylic oxidation sites excluding steroid dienone is 3. The lowest BCUT2D eigenvalue weighted by Crippen LogP contribution is -2.36. The first-order valence-corrected chi connectivity index (χ1v) is 11.1. The number of ether oxygens (including phenoxy) is 1. The maximum absolute atomic E-state index is 12.9. The van der Waals surface area contributed by atoms with Crippen LogP contribution in [0, 0.1) is 18.3 Å². The molecule has 0 spiro atoms. The monoisotopic (exact) mass is 467 g/mol. The van der Waals surface area contributed by atoms with Gasteiger partial charge in [0.05, 0.1) is 27.6 Å². The summed E-state index contributed by atoms with van der Waals surface area (Å²) in [5, 5.41) is 10.5. The molecule has 0 aromatic heterocycles. The van der Waals surface area contributed by atoms with E-state index >= 15 is 0 Å². The third-order valence-corrected chi connectivity index (χ3v) is 6.59. The fourth-order valence-electron chi connectivity index (χ4n) is 4.32. The van der Waals surface area contributed by atoms with Gasteiger partial charge in [0.1, 0.15) is 12.4 Å². The van der Waals surface area contributed by atoms with Crippen molar-refractivity contribution in [3.63, 3.8) is 0 Å². The summed E-state index contributed by atoms with van der Waals surface area (Å²) in [5.41, 5.74) is 10.9. The zero-order valence-corrected chi connectivity index (χ0v) is 19.4. The number of nitrogens with zero attached hydrogens (tertiary/aromatic N) is 2. The maximum atomic E-state index is 12.9. The number of nitriles is 1. The Labute approximate surface area is 197 Å². The third-order valence-electron chi connectivity index (χ3n) is 6.03. The Bertz CT molecular complexity index is 1170. The summed E-state index contributed by atoms with van der Waals surface area (Å²) in [4.78, 5) is 14.7. The number of rotatable bonds is 4. The number of hydrogen-bond donors (Lipinski definition) is 1. The van der Waals surface area contributed by atoms with Gasteiger partial charge in [-0.2, -0.15) is 5.26 Å². The van der Waals surface area contributed by atoms with E-state index in [9.17, 15) is 10.1 Å². The zero-order chi connectivity index (χ0) is 23.0. The zero-order valence-electron chi connectivity index (χ0n) is 17.9. The Morgan fingerprint density at radius 1 is 1.19 bits per heavy atom. The van der Waals surface area contributed by atoms with Crippen LogP contribution in [0.3, 0.4) is 0 Å². The van der Waals surface area contributed by atoms with Crippen molar-refractivity contribution in [3.8, 4) is 11.8 Å². The Hall–Kier alpha value is -2.94. The van der Waals surface area contributed by atoms with Crippen LogP contribution in [0.1, 0.15) is 41.9 Å². The minimum absolute atomic E-state index is 0.0234. The summed E-state index contributed by atoms with van der Waals surface area (Å²) in [6.45, 7) is 2.34. The highest BCUT2D eigenvalue weighted by atomic mass is 35.5. The van der Waals surface area contributed by atoms with Crippen molar-refractivity contribution in [1.82, 2.24) is 4.90 Å². The molecule has 0 amide bonds. The number of Topliss-reactive ketones (excluding diaryl/α,β-unsaturated/α-hetero) is 1. The molecule has 2 aromatic rings. The van der Waals surface area contributed by atoms with Gasteiger partial charge in [-0.05, 0) is 43.0 Å². The molecule has 164 valence electrons. The van der Waals surface area contributed by atoms with Crippen molar-refractivity contribution in [2.24, 2.45) is 5.73 Å². The predicted octanol–water partition coefficient (Wildman–Crippen LogP) is 5.61. The molecule has 2 N–H and O–H groups in total. The molecular weight excluding hydrogens is 445 g/mol. The predicted molar refractivity (Wildman–Crippen MR) is 125 cm³/mol. The van der Waals surface area contributed by atoms with Crippen LogP contribution in [-0.2, 0) is 11.4 Å². The SMILES string of the molecule is Cc1ccc(COc2c(Cl)cc([C@H]3C(C#N)=C(N)N(C)C4=C3C(=O)CCC4)cc2Cl)cc1. The fourth-order valence-corrected chi connectivity index (χ4v) is 4.93. The number of ketones is 1. The van der Waals surface area contributed by atoms with Gasteiger partial charge in [0.25, 0.3) is 0 Å². The summed E-state index contributed by atoms with van der Waals surface area (Å²) < 4.78 is 5.90. The third kappa shape index (κ3) is 3.97. The van der Waals surface area contributed by atoms with Gasteiger partial charge < -0.3 is 15.4 Å². The smallest absolute Gasteiger partial charge is 0.161 e. The number of halogens is 2. The Morgan fingerprint density at radius 3 is 2.47 bits per heavy atom. The minimum atomic E-state index is -0.597. The van der Waals surface area contributed by atoms with Gasteiger partial charge in [-0.1, -0.05) is 53.0 Å². The first-order chi connectivity index (χ1) is 15.3. The summed E-state index contributed by atoms with van der Waals surface area (Å²) >= 11 is 13.1. The molecule has 7 heteroatoms. The van der Waals surface area contributed by atoms with E-state index in [1.165, 1.54) is 5.56 Å². The molecule has 1 atom stereocenters. The van der Waals surface area contributed by atoms with Gasteiger partial charge in [-0.3, -0.25) is 4.79 Å². The number of benzene rings is 2. The van der Waals surface area contributed by atoms with Gasteiger partial charge in [-0.25, -0.2) is 0 Å². The largest absolute Gasteiger partial charge is 0.486 e. The number of carbonyl (C=O) groups is 1. The molecule has 32 heavy (non-hydrogen) atoms. The maximum Gasteiger partial charge on any atom is 0.161 e. The average molecular weight is 468 g/mol. The minimum Gasteiger partial charge on any atom is -0.486 e. The first kappa shape index (κ1) is 22.3. The molecule has 2 aromatic carbocycles. The van der Waals surface area contributed by atoms with E-state index in [2.05, 4.69) is 6.07 Å². The number of aryl methyl sites for hydroxylation is 1.